The molecule has 9 nitrogen and oxygen atoms in total. The summed E-state index contributed by atoms with van der Waals surface area (Å²) in [5.74, 6) is -0.726. The number of carboxylic acid groups (broad SMARTS) is 1. The number of amides is 1. The molecule has 1 fully saturated rings. The first-order chi connectivity index (χ1) is 20.7. The largest absolute Gasteiger partial charge is 0.480 e. The van der Waals surface area contributed by atoms with Crippen molar-refractivity contribution in [3.05, 3.63) is 71.6 Å². The van der Waals surface area contributed by atoms with Gasteiger partial charge in [-0.05, 0) is 63.0 Å². The van der Waals surface area contributed by atoms with Crippen LogP contribution in [-0.4, -0.2) is 105 Å². The molecule has 1 aliphatic carbocycles. The number of carbonyl (C=O) groups is 2. The lowest BCUT2D eigenvalue weighted by Crippen LogP contribution is -2.44. The van der Waals surface area contributed by atoms with Crippen LogP contribution in [0, 0.1) is 0 Å². The van der Waals surface area contributed by atoms with Gasteiger partial charge >= 0.3 is 5.97 Å². The molecule has 226 valence electrons. The zero-order valence-corrected chi connectivity index (χ0v) is 25.5. The summed E-state index contributed by atoms with van der Waals surface area (Å²) in [7, 11) is 5.76. The van der Waals surface area contributed by atoms with Crippen molar-refractivity contribution >= 4 is 28.5 Å². The normalized spacial score (nSPS) is 14.6. The number of carbonyl (C=O) groups excluding carboxylic acids is 1. The minimum absolute atomic E-state index is 0.350. The second-order valence-corrected chi connectivity index (χ2v) is 11.4. The van der Waals surface area contributed by atoms with Crippen LogP contribution in [0.25, 0.3) is 33.4 Å². The lowest BCUT2D eigenvalue weighted by atomic mass is 9.90. The van der Waals surface area contributed by atoms with E-state index in [0.29, 0.717) is 17.9 Å². The van der Waals surface area contributed by atoms with Gasteiger partial charge in [0.1, 0.15) is 17.9 Å². The van der Waals surface area contributed by atoms with Crippen molar-refractivity contribution in [3.8, 4) is 22.5 Å². The highest BCUT2D eigenvalue weighted by atomic mass is 16.4. The van der Waals surface area contributed by atoms with Gasteiger partial charge < -0.3 is 29.1 Å². The minimum atomic E-state index is -1.06. The van der Waals surface area contributed by atoms with Gasteiger partial charge in [0, 0.05) is 79.7 Å². The molecular formula is C34H41N5O4. The van der Waals surface area contributed by atoms with Gasteiger partial charge in [-0.25, -0.2) is 0 Å². The second kappa shape index (κ2) is 13.4. The predicted octanol–water partition coefficient (Wildman–Crippen LogP) is 4.36. The minimum Gasteiger partial charge on any atom is -0.480 e. The van der Waals surface area contributed by atoms with Crippen LogP contribution in [0.5, 0.6) is 0 Å². The summed E-state index contributed by atoms with van der Waals surface area (Å²) < 4.78 is 6.59. The van der Waals surface area contributed by atoms with Crippen LogP contribution in [0.4, 0.5) is 5.69 Å². The highest BCUT2D eigenvalue weighted by Gasteiger charge is 2.24. The van der Waals surface area contributed by atoms with Crippen molar-refractivity contribution in [2.45, 2.75) is 13.3 Å². The fraction of sp³-hybridized carbons (Fsp3) is 0.382. The van der Waals surface area contributed by atoms with Crippen LogP contribution >= 0.6 is 0 Å². The Hall–Kier alpha value is -4.21. The molecule has 0 radical (unpaired) electrons. The van der Waals surface area contributed by atoms with E-state index in [9.17, 15) is 14.7 Å². The van der Waals surface area contributed by atoms with E-state index in [4.69, 9.17) is 9.41 Å². The molecule has 0 bridgehead atoms. The molecule has 0 saturated carbocycles. The first-order valence-corrected chi connectivity index (χ1v) is 14.9. The van der Waals surface area contributed by atoms with E-state index in [0.717, 1.165) is 84.4 Å². The molecule has 2 heterocycles. The van der Waals surface area contributed by atoms with E-state index in [2.05, 4.69) is 53.9 Å². The zero-order chi connectivity index (χ0) is 30.5. The molecule has 2 aromatic rings. The SMILES string of the molecule is CCCN(C)CC/N=c1\ccc2c(-c3ccccc3C(=O)N(C)CC(=O)O)c3ccc(N4CCN(C)CC4)cc3oc-2c1. The first kappa shape index (κ1) is 30.3. The van der Waals surface area contributed by atoms with Crippen LogP contribution in [0.3, 0.4) is 0 Å². The van der Waals surface area contributed by atoms with E-state index in [-0.39, 0.29) is 12.5 Å². The van der Waals surface area contributed by atoms with Crippen LogP contribution in [-0.2, 0) is 4.79 Å². The molecule has 2 aliphatic heterocycles. The Morgan fingerprint density at radius 2 is 1.72 bits per heavy atom. The van der Waals surface area contributed by atoms with Crippen molar-refractivity contribution in [1.29, 1.82) is 0 Å². The Labute approximate surface area is 253 Å². The number of benzene rings is 3. The van der Waals surface area contributed by atoms with Crippen molar-refractivity contribution in [3.63, 3.8) is 0 Å². The summed E-state index contributed by atoms with van der Waals surface area (Å²) in [5.41, 5.74) is 4.73. The summed E-state index contributed by atoms with van der Waals surface area (Å²) in [6.07, 6.45) is 1.10. The molecule has 5 rings (SSSR count). The molecule has 0 spiro atoms. The third-order valence-electron chi connectivity index (χ3n) is 8.08. The molecule has 3 aliphatic rings. The lowest BCUT2D eigenvalue weighted by molar-refractivity contribution is -0.137. The molecule has 0 atom stereocenters. The number of likely N-dealkylation sites (N-methyl/N-ethyl adjacent to an activating group) is 3. The molecule has 1 amide bonds. The first-order valence-electron chi connectivity index (χ1n) is 14.9. The number of hydrogen-bond acceptors (Lipinski definition) is 7. The van der Waals surface area contributed by atoms with Crippen molar-refractivity contribution in [1.82, 2.24) is 14.7 Å². The average Bonchev–Trinajstić information content (AvgIpc) is 2.99. The summed E-state index contributed by atoms with van der Waals surface area (Å²) in [4.78, 5) is 37.9. The third kappa shape index (κ3) is 6.89. The molecule has 0 unspecified atom stereocenters. The van der Waals surface area contributed by atoms with Gasteiger partial charge in [0.05, 0.1) is 11.9 Å². The smallest absolute Gasteiger partial charge is 0.323 e. The van der Waals surface area contributed by atoms with E-state index in [1.807, 2.05) is 30.3 Å². The van der Waals surface area contributed by atoms with Crippen molar-refractivity contribution in [2.75, 3.05) is 78.4 Å². The molecule has 1 N–H and O–H groups in total. The zero-order valence-electron chi connectivity index (χ0n) is 25.5. The summed E-state index contributed by atoms with van der Waals surface area (Å²) in [6.45, 7) is 8.25. The Morgan fingerprint density at radius 1 is 0.953 bits per heavy atom. The Kier molecular flexibility index (Phi) is 9.43. The van der Waals surface area contributed by atoms with E-state index in [1.54, 1.807) is 12.1 Å². The molecular weight excluding hydrogens is 542 g/mol. The number of nitrogens with zero attached hydrogens (tertiary/aromatic N) is 5. The van der Waals surface area contributed by atoms with Gasteiger partial charge in [-0.15, -0.1) is 0 Å². The topological polar surface area (TPSA) is 92.8 Å². The Morgan fingerprint density at radius 3 is 2.47 bits per heavy atom. The summed E-state index contributed by atoms with van der Waals surface area (Å²) in [5, 5.41) is 11.0. The van der Waals surface area contributed by atoms with Crippen LogP contribution in [0.2, 0.25) is 0 Å². The fourth-order valence-corrected chi connectivity index (χ4v) is 5.73. The maximum absolute atomic E-state index is 13.5. The second-order valence-electron chi connectivity index (χ2n) is 11.4. The van der Waals surface area contributed by atoms with Gasteiger partial charge in [-0.2, -0.15) is 0 Å². The molecule has 0 aromatic heterocycles. The maximum Gasteiger partial charge on any atom is 0.323 e. The average molecular weight is 584 g/mol. The van der Waals surface area contributed by atoms with Crippen molar-refractivity contribution in [2.24, 2.45) is 4.99 Å². The summed E-state index contributed by atoms with van der Waals surface area (Å²) >= 11 is 0. The number of carboxylic acids is 1. The highest BCUT2D eigenvalue weighted by Crippen LogP contribution is 2.42. The monoisotopic (exact) mass is 583 g/mol. The van der Waals surface area contributed by atoms with Gasteiger partial charge in [-0.3, -0.25) is 14.6 Å². The number of rotatable bonds is 10. The Balaban J connectivity index is 1.66. The fourth-order valence-electron chi connectivity index (χ4n) is 5.73. The maximum atomic E-state index is 13.5. The Bertz CT molecular complexity index is 1640. The quantitative estimate of drug-likeness (QED) is 0.278. The summed E-state index contributed by atoms with van der Waals surface area (Å²) in [6, 6.07) is 19.7. The van der Waals surface area contributed by atoms with Gasteiger partial charge in [0.2, 0.25) is 0 Å². The molecule has 9 heteroatoms. The molecule has 1 saturated heterocycles. The molecule has 43 heavy (non-hydrogen) atoms. The van der Waals surface area contributed by atoms with E-state index >= 15 is 0 Å². The number of anilines is 1. The lowest BCUT2D eigenvalue weighted by Gasteiger charge is -2.34. The number of hydrogen-bond donors (Lipinski definition) is 1. The van der Waals surface area contributed by atoms with E-state index in [1.165, 1.54) is 11.9 Å². The number of piperazine rings is 1. The van der Waals surface area contributed by atoms with Gasteiger partial charge in [0.15, 0.2) is 0 Å². The predicted molar refractivity (Wildman–Crippen MR) is 171 cm³/mol. The number of fused-ring (bicyclic) bond motifs is 2. The molecule has 2 aromatic carbocycles. The van der Waals surface area contributed by atoms with Crippen molar-refractivity contribution < 1.29 is 19.1 Å². The third-order valence-corrected chi connectivity index (χ3v) is 8.08. The number of aliphatic carboxylic acids is 1. The van der Waals surface area contributed by atoms with E-state index < -0.39 is 5.97 Å². The van der Waals surface area contributed by atoms with Gasteiger partial charge in [0.25, 0.3) is 5.91 Å². The van der Waals surface area contributed by atoms with Crippen LogP contribution in [0.1, 0.15) is 23.7 Å². The highest BCUT2D eigenvalue weighted by molar-refractivity contribution is 6.09. The standard InChI is InChI=1S/C34H41N5O4/c1-5-15-36(2)16-14-35-24-10-12-28-30(21-24)43-31-22-25(39-19-17-37(3)18-20-39)11-13-29(31)33(28)26-8-6-7-9-27(26)34(42)38(4)23-32(40)41/h6-13,21-22H,5,14-20,23H2,1-4H3,(H,40,41)/b35-24+. The van der Waals surface area contributed by atoms with Gasteiger partial charge in [-0.1, -0.05) is 25.1 Å². The van der Waals surface area contributed by atoms with Crippen LogP contribution < -0.4 is 10.3 Å². The van der Waals surface area contributed by atoms with Crippen LogP contribution in [0.15, 0.2) is 70.1 Å².